The first-order chi connectivity index (χ1) is 7.85. The lowest BCUT2D eigenvalue weighted by molar-refractivity contribution is -0.253. The predicted octanol–water partition coefficient (Wildman–Crippen LogP) is 1.53. The highest BCUT2D eigenvalue weighted by Gasteiger charge is 2.29. The van der Waals surface area contributed by atoms with Crippen molar-refractivity contribution in [3.8, 4) is 0 Å². The standard InChI is InChI=1S/C13H27NO3/c1-12(2,6-5-7-15)10-14-11-8-16-13(3,4)17-9-11/h11,14-15H,5-10H2,1-4H3. The van der Waals surface area contributed by atoms with E-state index < -0.39 is 5.79 Å². The zero-order valence-electron chi connectivity index (χ0n) is 11.6. The average molecular weight is 245 g/mol. The molecule has 1 saturated heterocycles. The maximum Gasteiger partial charge on any atom is 0.162 e. The quantitative estimate of drug-likeness (QED) is 0.745. The van der Waals surface area contributed by atoms with E-state index in [-0.39, 0.29) is 18.1 Å². The van der Waals surface area contributed by atoms with Crippen LogP contribution in [0, 0.1) is 5.41 Å². The Morgan fingerprint density at radius 2 is 1.88 bits per heavy atom. The van der Waals surface area contributed by atoms with Gasteiger partial charge in [0.1, 0.15) is 0 Å². The zero-order chi connectivity index (χ0) is 12.9. The van der Waals surface area contributed by atoms with Crippen LogP contribution in [0.25, 0.3) is 0 Å². The van der Waals surface area contributed by atoms with Crippen LogP contribution in [0.3, 0.4) is 0 Å². The predicted molar refractivity (Wildman–Crippen MR) is 67.9 cm³/mol. The highest BCUT2D eigenvalue weighted by atomic mass is 16.7. The fraction of sp³-hybridized carbons (Fsp3) is 1.00. The van der Waals surface area contributed by atoms with Crippen LogP contribution in [0.2, 0.25) is 0 Å². The molecule has 1 aliphatic rings. The number of aliphatic hydroxyl groups excluding tert-OH is 1. The van der Waals surface area contributed by atoms with Gasteiger partial charge in [0.2, 0.25) is 0 Å². The van der Waals surface area contributed by atoms with Crippen molar-refractivity contribution in [2.24, 2.45) is 5.41 Å². The Hall–Kier alpha value is -0.160. The summed E-state index contributed by atoms with van der Waals surface area (Å²) in [4.78, 5) is 0. The molecule has 17 heavy (non-hydrogen) atoms. The molecule has 1 rings (SSSR count). The van der Waals surface area contributed by atoms with Crippen LogP contribution in [0.4, 0.5) is 0 Å². The van der Waals surface area contributed by atoms with Crippen molar-refractivity contribution < 1.29 is 14.6 Å². The number of hydrogen-bond donors (Lipinski definition) is 2. The molecule has 0 aliphatic carbocycles. The molecule has 1 fully saturated rings. The van der Waals surface area contributed by atoms with Crippen molar-refractivity contribution >= 4 is 0 Å². The van der Waals surface area contributed by atoms with Gasteiger partial charge in [0.15, 0.2) is 5.79 Å². The van der Waals surface area contributed by atoms with Gasteiger partial charge in [-0.25, -0.2) is 0 Å². The van der Waals surface area contributed by atoms with Crippen LogP contribution in [0.1, 0.15) is 40.5 Å². The first-order valence-corrected chi connectivity index (χ1v) is 6.47. The number of aliphatic hydroxyl groups is 1. The fourth-order valence-electron chi connectivity index (χ4n) is 1.88. The lowest BCUT2D eigenvalue weighted by Gasteiger charge is -2.36. The van der Waals surface area contributed by atoms with Crippen LogP contribution in [-0.4, -0.2) is 43.3 Å². The van der Waals surface area contributed by atoms with E-state index in [1.807, 2.05) is 13.8 Å². The molecule has 0 atom stereocenters. The Labute approximate surface area is 105 Å². The van der Waals surface area contributed by atoms with Gasteiger partial charge in [-0.05, 0) is 32.1 Å². The molecule has 2 N–H and O–H groups in total. The van der Waals surface area contributed by atoms with Crippen LogP contribution < -0.4 is 5.32 Å². The molecule has 1 aliphatic heterocycles. The zero-order valence-corrected chi connectivity index (χ0v) is 11.6. The second kappa shape index (κ2) is 6.14. The molecular formula is C13H27NO3. The topological polar surface area (TPSA) is 50.7 Å². The van der Waals surface area contributed by atoms with Gasteiger partial charge in [0, 0.05) is 13.2 Å². The second-order valence-electron chi connectivity index (χ2n) is 6.09. The summed E-state index contributed by atoms with van der Waals surface area (Å²) in [6, 6.07) is 0.274. The van der Waals surface area contributed by atoms with Gasteiger partial charge >= 0.3 is 0 Å². The van der Waals surface area contributed by atoms with E-state index in [1.165, 1.54) is 0 Å². The summed E-state index contributed by atoms with van der Waals surface area (Å²) < 4.78 is 11.2. The number of nitrogens with one attached hydrogen (secondary N) is 1. The Morgan fingerprint density at radius 3 is 2.41 bits per heavy atom. The molecule has 102 valence electrons. The van der Waals surface area contributed by atoms with Crippen molar-refractivity contribution in [2.75, 3.05) is 26.4 Å². The maximum absolute atomic E-state index is 8.84. The van der Waals surface area contributed by atoms with E-state index in [1.54, 1.807) is 0 Å². The van der Waals surface area contributed by atoms with Crippen LogP contribution in [0.15, 0.2) is 0 Å². The van der Waals surface area contributed by atoms with Crippen LogP contribution in [-0.2, 0) is 9.47 Å². The second-order valence-corrected chi connectivity index (χ2v) is 6.09. The highest BCUT2D eigenvalue weighted by molar-refractivity contribution is 4.78. The Bertz CT molecular complexity index is 219. The third kappa shape index (κ3) is 5.82. The number of ether oxygens (including phenoxy) is 2. The monoisotopic (exact) mass is 245 g/mol. The Balaban J connectivity index is 2.22. The highest BCUT2D eigenvalue weighted by Crippen LogP contribution is 2.22. The van der Waals surface area contributed by atoms with Gasteiger partial charge in [-0.3, -0.25) is 0 Å². The minimum absolute atomic E-state index is 0.204. The molecule has 0 saturated carbocycles. The van der Waals surface area contributed by atoms with E-state index in [4.69, 9.17) is 14.6 Å². The SMILES string of the molecule is CC(C)(CCCO)CNC1COC(C)(C)OC1. The molecule has 0 radical (unpaired) electrons. The Kier molecular flexibility index (Phi) is 5.38. The van der Waals surface area contributed by atoms with Gasteiger partial charge in [-0.1, -0.05) is 13.8 Å². The molecule has 4 heteroatoms. The maximum atomic E-state index is 8.84. The van der Waals surface area contributed by atoms with Crippen LogP contribution in [0.5, 0.6) is 0 Å². The lowest BCUT2D eigenvalue weighted by atomic mass is 9.87. The minimum Gasteiger partial charge on any atom is -0.396 e. The minimum atomic E-state index is -0.440. The molecule has 0 amide bonds. The Morgan fingerprint density at radius 1 is 1.29 bits per heavy atom. The van der Waals surface area contributed by atoms with Crippen molar-refractivity contribution in [1.82, 2.24) is 5.32 Å². The molecule has 0 aromatic carbocycles. The van der Waals surface area contributed by atoms with Crippen molar-refractivity contribution in [2.45, 2.75) is 52.4 Å². The van der Waals surface area contributed by atoms with Gasteiger partial charge in [0.25, 0.3) is 0 Å². The van der Waals surface area contributed by atoms with Gasteiger partial charge in [-0.15, -0.1) is 0 Å². The van der Waals surface area contributed by atoms with E-state index in [2.05, 4.69) is 19.2 Å². The van der Waals surface area contributed by atoms with Gasteiger partial charge in [0.05, 0.1) is 19.3 Å². The van der Waals surface area contributed by atoms with E-state index >= 15 is 0 Å². The van der Waals surface area contributed by atoms with Crippen molar-refractivity contribution in [1.29, 1.82) is 0 Å². The molecular weight excluding hydrogens is 218 g/mol. The number of rotatable bonds is 6. The summed E-state index contributed by atoms with van der Waals surface area (Å²) in [5.74, 6) is -0.440. The first kappa shape index (κ1) is 14.9. The van der Waals surface area contributed by atoms with Gasteiger partial charge in [-0.2, -0.15) is 0 Å². The summed E-state index contributed by atoms with van der Waals surface area (Å²) in [5.41, 5.74) is 0.204. The summed E-state index contributed by atoms with van der Waals surface area (Å²) in [5, 5.41) is 12.3. The third-order valence-electron chi connectivity index (χ3n) is 3.15. The smallest absolute Gasteiger partial charge is 0.162 e. The molecule has 0 spiro atoms. The third-order valence-corrected chi connectivity index (χ3v) is 3.15. The summed E-state index contributed by atoms with van der Waals surface area (Å²) >= 11 is 0. The van der Waals surface area contributed by atoms with E-state index in [0.717, 1.165) is 19.4 Å². The number of hydrogen-bond acceptors (Lipinski definition) is 4. The average Bonchev–Trinajstić information content (AvgIpc) is 2.25. The normalized spacial score (nSPS) is 21.7. The van der Waals surface area contributed by atoms with Crippen molar-refractivity contribution in [3.05, 3.63) is 0 Å². The summed E-state index contributed by atoms with van der Waals surface area (Å²) in [7, 11) is 0. The fourth-order valence-corrected chi connectivity index (χ4v) is 1.88. The molecule has 0 bridgehead atoms. The first-order valence-electron chi connectivity index (χ1n) is 6.47. The molecule has 4 nitrogen and oxygen atoms in total. The molecule has 1 heterocycles. The molecule has 0 aromatic heterocycles. The lowest BCUT2D eigenvalue weighted by Crippen LogP contribution is -2.50. The molecule has 0 unspecified atom stereocenters. The van der Waals surface area contributed by atoms with Crippen LogP contribution >= 0.6 is 0 Å². The van der Waals surface area contributed by atoms with Gasteiger partial charge < -0.3 is 19.9 Å². The van der Waals surface area contributed by atoms with Crippen molar-refractivity contribution in [3.63, 3.8) is 0 Å². The largest absolute Gasteiger partial charge is 0.396 e. The summed E-state index contributed by atoms with van der Waals surface area (Å²) in [6.45, 7) is 10.9. The van der Waals surface area contributed by atoms with E-state index in [9.17, 15) is 0 Å². The summed E-state index contributed by atoms with van der Waals surface area (Å²) in [6.07, 6.45) is 1.88. The van der Waals surface area contributed by atoms with E-state index in [0.29, 0.717) is 13.2 Å². The molecule has 0 aromatic rings.